The van der Waals surface area contributed by atoms with E-state index < -0.39 is 23.4 Å². The molecule has 5 N–H and O–H groups in total. The lowest BCUT2D eigenvalue weighted by atomic mass is 9.87. The molecule has 1 saturated carbocycles. The van der Waals surface area contributed by atoms with Gasteiger partial charge in [0.25, 0.3) is 11.5 Å². The van der Waals surface area contributed by atoms with Crippen molar-refractivity contribution in [2.24, 2.45) is 0 Å². The fourth-order valence-corrected chi connectivity index (χ4v) is 4.02. The Kier molecular flexibility index (Phi) is 4.46. The Morgan fingerprint density at radius 3 is 2.62 bits per heavy atom. The van der Waals surface area contributed by atoms with Crippen LogP contribution in [0.5, 0.6) is 0 Å². The van der Waals surface area contributed by atoms with Crippen molar-refractivity contribution in [1.82, 2.24) is 19.9 Å². The number of amides is 2. The molecule has 0 bridgehead atoms. The van der Waals surface area contributed by atoms with E-state index in [0.717, 1.165) is 0 Å². The highest BCUT2D eigenvalue weighted by Gasteiger charge is 2.46. The predicted octanol–water partition coefficient (Wildman–Crippen LogP) is 1.11. The van der Waals surface area contributed by atoms with Gasteiger partial charge in [-0.1, -0.05) is 0 Å². The van der Waals surface area contributed by atoms with Gasteiger partial charge in [0.2, 0.25) is 0 Å². The third-order valence-corrected chi connectivity index (χ3v) is 5.33. The summed E-state index contributed by atoms with van der Waals surface area (Å²) < 4.78 is 1.48. The highest BCUT2D eigenvalue weighted by molar-refractivity contribution is 5.97. The quantitative estimate of drug-likeness (QED) is 0.512. The van der Waals surface area contributed by atoms with Gasteiger partial charge in [0, 0.05) is 6.07 Å². The van der Waals surface area contributed by atoms with Crippen molar-refractivity contribution in [3.05, 3.63) is 40.1 Å². The summed E-state index contributed by atoms with van der Waals surface area (Å²) in [6, 6.07) is 2.92. The minimum absolute atomic E-state index is 0.0579. The fourth-order valence-electron chi connectivity index (χ4n) is 4.02. The maximum atomic E-state index is 13.3. The molecule has 0 aromatic carbocycles. The third-order valence-electron chi connectivity index (χ3n) is 5.33. The summed E-state index contributed by atoms with van der Waals surface area (Å²) in [7, 11) is 0. The molecule has 1 spiro atoms. The number of anilines is 3. The molecular weight excluding hydrogens is 380 g/mol. The monoisotopic (exact) mass is 400 g/mol. The molecule has 4 rings (SSSR count). The first-order valence-corrected chi connectivity index (χ1v) is 9.16. The summed E-state index contributed by atoms with van der Waals surface area (Å²) in [5.74, 6) is -0.0220. The molecule has 0 unspecified atom stereocenters. The van der Waals surface area contributed by atoms with E-state index in [-0.39, 0.29) is 23.2 Å². The molecule has 11 heteroatoms. The van der Waals surface area contributed by atoms with Crippen LogP contribution in [0, 0.1) is 6.92 Å². The molecule has 1 aliphatic heterocycles. The summed E-state index contributed by atoms with van der Waals surface area (Å²) in [5, 5.41) is 26.6. The number of hydrogen-bond donors (Lipinski definition) is 5. The molecule has 1 fully saturated rings. The Morgan fingerprint density at radius 1 is 1.24 bits per heavy atom. The van der Waals surface area contributed by atoms with Crippen LogP contribution in [0.4, 0.5) is 22.1 Å². The number of carbonyl (C=O) groups excluding carboxylic acids is 1. The van der Waals surface area contributed by atoms with E-state index in [2.05, 4.69) is 25.9 Å². The van der Waals surface area contributed by atoms with Crippen LogP contribution in [0.3, 0.4) is 0 Å². The van der Waals surface area contributed by atoms with Crippen LogP contribution in [0.25, 0.3) is 0 Å². The zero-order valence-corrected chi connectivity index (χ0v) is 15.6. The van der Waals surface area contributed by atoms with Gasteiger partial charge in [-0.25, -0.2) is 14.8 Å². The summed E-state index contributed by atoms with van der Waals surface area (Å²) in [4.78, 5) is 44.4. The smallest absolute Gasteiger partial charge is 0.410 e. The van der Waals surface area contributed by atoms with Gasteiger partial charge in [0.05, 0.1) is 6.10 Å². The Morgan fingerprint density at radius 2 is 1.93 bits per heavy atom. The van der Waals surface area contributed by atoms with E-state index in [1.165, 1.54) is 17.0 Å². The van der Waals surface area contributed by atoms with E-state index in [9.17, 15) is 19.5 Å². The van der Waals surface area contributed by atoms with E-state index in [4.69, 9.17) is 5.11 Å². The number of nitrogens with one attached hydrogen (secondary N) is 3. The molecular formula is C18H20N6O5. The summed E-state index contributed by atoms with van der Waals surface area (Å²) in [6.07, 6.45) is 1.33. The second-order valence-electron chi connectivity index (χ2n) is 7.29. The van der Waals surface area contributed by atoms with Gasteiger partial charge in [-0.05, 0) is 44.2 Å². The number of rotatable bonds is 3. The highest BCUT2D eigenvalue weighted by Crippen LogP contribution is 2.37. The first-order valence-electron chi connectivity index (χ1n) is 9.16. The van der Waals surface area contributed by atoms with Crippen molar-refractivity contribution in [3.63, 3.8) is 0 Å². The summed E-state index contributed by atoms with van der Waals surface area (Å²) in [5.41, 5.74) is -0.120. The normalized spacial score (nSPS) is 22.8. The van der Waals surface area contributed by atoms with Crippen LogP contribution in [0.1, 0.15) is 41.7 Å². The van der Waals surface area contributed by atoms with E-state index >= 15 is 0 Å². The molecule has 3 heterocycles. The lowest BCUT2D eigenvalue weighted by Gasteiger charge is -2.37. The molecule has 2 aromatic heterocycles. The maximum Gasteiger partial charge on any atom is 0.410 e. The van der Waals surface area contributed by atoms with Crippen molar-refractivity contribution in [2.45, 2.75) is 44.4 Å². The van der Waals surface area contributed by atoms with Gasteiger partial charge >= 0.3 is 6.09 Å². The Bertz CT molecular complexity index is 1060. The molecule has 0 saturated heterocycles. The zero-order chi connectivity index (χ0) is 20.8. The van der Waals surface area contributed by atoms with Crippen molar-refractivity contribution in [3.8, 4) is 0 Å². The number of aliphatic hydroxyl groups is 1. The van der Waals surface area contributed by atoms with Crippen molar-refractivity contribution < 1.29 is 19.8 Å². The van der Waals surface area contributed by atoms with E-state index in [1.54, 1.807) is 13.0 Å². The Labute approximate surface area is 164 Å². The lowest BCUT2D eigenvalue weighted by molar-refractivity contribution is 0.0531. The van der Waals surface area contributed by atoms with Crippen LogP contribution in [0.15, 0.2) is 23.3 Å². The lowest BCUT2D eigenvalue weighted by Crippen LogP contribution is -2.50. The standard InChI is InChI=1S/C18H20N6O5/c1-9-6-11(21-12-7-13(20-8-19-12)22-17(28)29)16(27)24-14(9)15(26)23-18(24)4-2-10(25)3-5-18/h6-8,10,25H,2-5H2,1H3,(H,23,26)(H,28,29)(H2,19,20,21,22). The topological polar surface area (TPSA) is 158 Å². The number of nitrogens with zero attached hydrogens (tertiary/aromatic N) is 3. The van der Waals surface area contributed by atoms with E-state index in [0.29, 0.717) is 36.9 Å². The average molecular weight is 400 g/mol. The minimum atomic E-state index is -1.27. The number of hydrogen-bond acceptors (Lipinski definition) is 7. The first kappa shape index (κ1) is 18.9. The van der Waals surface area contributed by atoms with Crippen LogP contribution < -0.4 is 21.5 Å². The zero-order valence-electron chi connectivity index (χ0n) is 15.6. The molecule has 2 aliphatic rings. The second kappa shape index (κ2) is 6.85. The highest BCUT2D eigenvalue weighted by atomic mass is 16.4. The van der Waals surface area contributed by atoms with Crippen LogP contribution in [-0.4, -0.2) is 42.9 Å². The minimum Gasteiger partial charge on any atom is -0.465 e. The van der Waals surface area contributed by atoms with E-state index in [1.807, 2.05) is 0 Å². The molecule has 0 radical (unpaired) electrons. The van der Waals surface area contributed by atoms with Crippen LogP contribution >= 0.6 is 0 Å². The number of carboxylic acid groups (broad SMARTS) is 1. The van der Waals surface area contributed by atoms with Crippen molar-refractivity contribution >= 4 is 29.3 Å². The third kappa shape index (κ3) is 3.29. The summed E-state index contributed by atoms with van der Waals surface area (Å²) in [6.45, 7) is 1.74. The van der Waals surface area contributed by atoms with Gasteiger partial charge < -0.3 is 20.8 Å². The van der Waals surface area contributed by atoms with Gasteiger partial charge in [0.1, 0.15) is 35.0 Å². The number of aryl methyl sites for hydroxylation is 1. The number of aromatic nitrogens is 3. The van der Waals surface area contributed by atoms with Gasteiger partial charge in [-0.3, -0.25) is 19.5 Å². The maximum absolute atomic E-state index is 13.3. The second-order valence-corrected chi connectivity index (χ2v) is 7.29. The Hall–Kier alpha value is -3.47. The van der Waals surface area contributed by atoms with Crippen molar-refractivity contribution in [1.29, 1.82) is 0 Å². The molecule has 2 amide bonds. The molecule has 152 valence electrons. The number of fused-ring (bicyclic) bond motifs is 2. The molecule has 29 heavy (non-hydrogen) atoms. The fraction of sp³-hybridized carbons (Fsp3) is 0.389. The predicted molar refractivity (Wildman–Crippen MR) is 102 cm³/mol. The summed E-state index contributed by atoms with van der Waals surface area (Å²) >= 11 is 0. The number of carbonyl (C=O) groups is 2. The molecule has 0 atom stereocenters. The SMILES string of the molecule is Cc1cc(Nc2cc(NC(=O)O)ncn2)c(=O)n2c1C(=O)NC21CCC(O)CC1. The van der Waals surface area contributed by atoms with Gasteiger partial charge in [0.15, 0.2) is 0 Å². The van der Waals surface area contributed by atoms with Crippen LogP contribution in [-0.2, 0) is 5.66 Å². The molecule has 2 aromatic rings. The Balaban J connectivity index is 1.74. The van der Waals surface area contributed by atoms with Gasteiger partial charge in [-0.15, -0.1) is 0 Å². The largest absolute Gasteiger partial charge is 0.465 e. The molecule has 1 aliphatic carbocycles. The van der Waals surface area contributed by atoms with Crippen LogP contribution in [0.2, 0.25) is 0 Å². The van der Waals surface area contributed by atoms with Crippen molar-refractivity contribution in [2.75, 3.05) is 10.6 Å². The number of pyridine rings is 1. The molecule has 11 nitrogen and oxygen atoms in total. The number of aliphatic hydroxyl groups excluding tert-OH is 1. The van der Waals surface area contributed by atoms with Gasteiger partial charge in [-0.2, -0.15) is 0 Å². The first-order chi connectivity index (χ1) is 13.8. The average Bonchev–Trinajstić information content (AvgIpc) is 2.94.